The largest absolute Gasteiger partial charge is 0.463 e. The normalized spacial score (nSPS) is 26.4. The molecule has 36 heavy (non-hydrogen) atoms. The number of para-hydroxylation sites is 1. The van der Waals surface area contributed by atoms with Crippen LogP contribution in [0.5, 0.6) is 5.75 Å². The lowest BCUT2D eigenvalue weighted by Crippen LogP contribution is -2.40. The van der Waals surface area contributed by atoms with Gasteiger partial charge in [0.05, 0.1) is 24.8 Å². The van der Waals surface area contributed by atoms with Crippen LogP contribution in [0.25, 0.3) is 0 Å². The van der Waals surface area contributed by atoms with E-state index in [9.17, 15) is 24.1 Å². The van der Waals surface area contributed by atoms with Gasteiger partial charge >= 0.3 is 19.3 Å². The van der Waals surface area contributed by atoms with Gasteiger partial charge in [-0.3, -0.25) is 23.7 Å². The summed E-state index contributed by atoms with van der Waals surface area (Å²) in [5, 5.41) is 10.8. The monoisotopic (exact) mass is 608 g/mol. The molecule has 6 atom stereocenters. The van der Waals surface area contributed by atoms with Gasteiger partial charge in [0.1, 0.15) is 18.0 Å². The van der Waals surface area contributed by atoms with E-state index in [0.29, 0.717) is 0 Å². The molecule has 0 saturated carbocycles. The number of H-pyrrole nitrogens is 1. The smallest absolute Gasteiger partial charge is 0.380 e. The van der Waals surface area contributed by atoms with Crippen molar-refractivity contribution in [3.8, 4) is 5.75 Å². The summed E-state index contributed by atoms with van der Waals surface area (Å²) in [4.78, 5) is 38.1. The van der Waals surface area contributed by atoms with Crippen molar-refractivity contribution in [3.05, 3.63) is 63.4 Å². The predicted octanol–water partition coefficient (Wildman–Crippen LogP) is 3.00. The summed E-state index contributed by atoms with van der Waals surface area (Å²) >= 11 is 9.63. The number of hydrogen-bond donors (Lipinski definition) is 2. The minimum atomic E-state index is -3.99. The minimum Gasteiger partial charge on any atom is -0.463 e. The number of benzene rings is 1. The number of aliphatic hydroxyl groups excluding tert-OH is 1. The minimum absolute atomic E-state index is 0.253. The van der Waals surface area contributed by atoms with Crippen molar-refractivity contribution in [2.75, 3.05) is 12.8 Å². The van der Waals surface area contributed by atoms with Gasteiger partial charge in [-0.25, -0.2) is 9.36 Å². The molecule has 0 radical (unpaired) electrons. The molecule has 11 nitrogen and oxygen atoms in total. The molecule has 1 aliphatic rings. The number of carbonyl (C=O) groups is 1. The fourth-order valence-corrected chi connectivity index (χ4v) is 6.21. The third kappa shape index (κ3) is 6.87. The van der Waals surface area contributed by atoms with Gasteiger partial charge in [-0.05, 0) is 26.0 Å². The molecule has 3 rings (SSSR count). The molecule has 1 fully saturated rings. The number of aromatic nitrogens is 2. The van der Waals surface area contributed by atoms with Crippen molar-refractivity contribution >= 4 is 41.1 Å². The van der Waals surface area contributed by atoms with Crippen molar-refractivity contribution in [1.29, 1.82) is 0 Å². The highest BCUT2D eigenvalue weighted by Gasteiger charge is 2.55. The van der Waals surface area contributed by atoms with Crippen LogP contribution in [-0.2, 0) is 23.4 Å². The van der Waals surface area contributed by atoms with Crippen LogP contribution < -0.4 is 15.8 Å². The van der Waals surface area contributed by atoms with Crippen molar-refractivity contribution < 1.29 is 33.0 Å². The van der Waals surface area contributed by atoms with E-state index >= 15 is 0 Å². The quantitative estimate of drug-likeness (QED) is 0.236. The summed E-state index contributed by atoms with van der Waals surface area (Å²) in [5.41, 5.74) is -1.42. The number of nitrogens with zero attached hydrogens (tertiary/aromatic N) is 1. The first kappa shape index (κ1) is 28.6. The molecule has 2 N–H and O–H groups in total. The van der Waals surface area contributed by atoms with Crippen LogP contribution in [0.3, 0.4) is 0 Å². The van der Waals surface area contributed by atoms with Crippen LogP contribution in [0.15, 0.2) is 52.2 Å². The third-order valence-corrected chi connectivity index (χ3v) is 8.46. The van der Waals surface area contributed by atoms with Crippen molar-refractivity contribution in [3.63, 3.8) is 0 Å². The second kappa shape index (κ2) is 11.6. The summed E-state index contributed by atoms with van der Waals surface area (Å²) in [6.07, 6.45) is -3.33. The fraction of sp³-hybridized carbons (Fsp3) is 0.500. The first-order valence-corrected chi connectivity index (χ1v) is 13.9. The van der Waals surface area contributed by atoms with Gasteiger partial charge in [0.2, 0.25) is 0 Å². The highest BCUT2D eigenvalue weighted by atomic mass is 79.9. The fourth-order valence-electron chi connectivity index (χ4n) is 3.42. The Hall–Kier alpha value is -1.95. The SMILES string of the molecule is CC(C)OC(=O)[C@H](C)C[P@@](=O)(OC[C@H]1O[C@@H](n2ccc(=O)[nH]c2=O)[C@](Cl)(Br)[C@@H]1O)Oc1ccccc1. The lowest BCUT2D eigenvalue weighted by molar-refractivity contribution is -0.151. The summed E-state index contributed by atoms with van der Waals surface area (Å²) in [6.45, 7) is 4.48. The number of esters is 1. The molecule has 0 aliphatic carbocycles. The Morgan fingerprint density at radius 2 is 1.94 bits per heavy atom. The number of halogens is 2. The number of ether oxygens (including phenoxy) is 2. The Kier molecular flexibility index (Phi) is 9.24. The zero-order chi connectivity index (χ0) is 26.7. The molecular weight excluding hydrogens is 583 g/mol. The summed E-state index contributed by atoms with van der Waals surface area (Å²) in [5.74, 6) is -1.14. The van der Waals surface area contributed by atoms with Crippen molar-refractivity contribution in [1.82, 2.24) is 9.55 Å². The zero-order valence-electron chi connectivity index (χ0n) is 19.7. The van der Waals surface area contributed by atoms with Crippen LogP contribution in [0.2, 0.25) is 0 Å². The van der Waals surface area contributed by atoms with E-state index in [1.807, 2.05) is 0 Å². The third-order valence-electron chi connectivity index (χ3n) is 5.16. The van der Waals surface area contributed by atoms with E-state index in [4.69, 9.17) is 30.1 Å². The van der Waals surface area contributed by atoms with Crippen LogP contribution in [-0.4, -0.2) is 55.5 Å². The predicted molar refractivity (Wildman–Crippen MR) is 135 cm³/mol. The van der Waals surface area contributed by atoms with E-state index in [0.717, 1.165) is 10.6 Å². The highest BCUT2D eigenvalue weighted by Crippen LogP contribution is 2.52. The van der Waals surface area contributed by atoms with E-state index in [2.05, 4.69) is 20.9 Å². The first-order chi connectivity index (χ1) is 16.8. The van der Waals surface area contributed by atoms with Crippen molar-refractivity contribution in [2.24, 2.45) is 5.92 Å². The van der Waals surface area contributed by atoms with Crippen LogP contribution in [0.4, 0.5) is 0 Å². The number of rotatable bonds is 10. The lowest BCUT2D eigenvalue weighted by atomic mass is 10.2. The van der Waals surface area contributed by atoms with Gasteiger partial charge in [-0.2, -0.15) is 0 Å². The molecule has 1 aromatic carbocycles. The molecule has 2 heterocycles. The topological polar surface area (TPSA) is 146 Å². The molecule has 0 bridgehead atoms. The second-order valence-corrected chi connectivity index (χ2v) is 13.0. The Balaban J connectivity index is 1.80. The molecule has 0 amide bonds. The zero-order valence-corrected chi connectivity index (χ0v) is 22.9. The Bertz CT molecular complexity index is 1220. The number of nitrogens with one attached hydrogen (secondary N) is 1. The maximum atomic E-state index is 13.7. The van der Waals surface area contributed by atoms with E-state index in [1.165, 1.54) is 13.1 Å². The van der Waals surface area contributed by atoms with Gasteiger partial charge in [-0.1, -0.05) is 52.7 Å². The second-order valence-electron chi connectivity index (χ2n) is 8.54. The summed E-state index contributed by atoms with van der Waals surface area (Å²) in [7, 11) is -3.99. The maximum Gasteiger partial charge on any atom is 0.380 e. The maximum absolute atomic E-state index is 13.7. The molecule has 0 unspecified atom stereocenters. The molecule has 198 valence electrons. The molecule has 1 aliphatic heterocycles. The Morgan fingerprint density at radius 3 is 2.56 bits per heavy atom. The summed E-state index contributed by atoms with van der Waals surface area (Å²) < 4.78 is 35.3. The molecule has 1 aromatic heterocycles. The van der Waals surface area contributed by atoms with Gasteiger partial charge in [-0.15, -0.1) is 0 Å². The average Bonchev–Trinajstić information content (AvgIpc) is 3.01. The first-order valence-electron chi connectivity index (χ1n) is 11.0. The summed E-state index contributed by atoms with van der Waals surface area (Å²) in [6, 6.07) is 9.36. The van der Waals surface area contributed by atoms with Gasteiger partial charge in [0.15, 0.2) is 10.0 Å². The van der Waals surface area contributed by atoms with Crippen LogP contribution in [0, 0.1) is 5.92 Å². The van der Waals surface area contributed by atoms with E-state index < -0.39 is 59.6 Å². The Morgan fingerprint density at radius 1 is 1.28 bits per heavy atom. The van der Waals surface area contributed by atoms with E-state index in [-0.39, 0.29) is 18.0 Å². The number of aliphatic hydroxyl groups is 1. The molecule has 14 heteroatoms. The number of hydrogen-bond acceptors (Lipinski definition) is 9. The van der Waals surface area contributed by atoms with Crippen molar-refractivity contribution in [2.45, 2.75) is 49.1 Å². The highest BCUT2D eigenvalue weighted by molar-refractivity contribution is 9.10. The number of aromatic amines is 1. The number of alkyl halides is 2. The van der Waals surface area contributed by atoms with Crippen LogP contribution in [0.1, 0.15) is 27.0 Å². The van der Waals surface area contributed by atoms with Crippen LogP contribution >= 0.6 is 35.1 Å². The van der Waals surface area contributed by atoms with Gasteiger partial charge in [0, 0.05) is 12.3 Å². The number of carbonyl (C=O) groups excluding carboxylic acids is 1. The molecule has 1 saturated heterocycles. The molecule has 0 spiro atoms. The van der Waals surface area contributed by atoms with Gasteiger partial charge < -0.3 is 19.1 Å². The standard InChI is InChI=1S/C22H27BrClN2O9P/c1-13(2)33-19(29)14(3)12-36(31,35-15-7-5-4-6-8-15)32-11-16-18(28)22(23,24)20(34-16)26-10-9-17(27)25-21(26)30/h4-10,13-14,16,18,20,28H,11-12H2,1-3H3,(H,25,27,30)/t14-,16-,18-,20-,22+,36-/m1/s1. The molecule has 2 aromatic rings. The Labute approximate surface area is 220 Å². The van der Waals surface area contributed by atoms with Gasteiger partial charge in [0.25, 0.3) is 5.56 Å². The molecular formula is C22H27BrClN2O9P. The average molecular weight is 610 g/mol. The van der Waals surface area contributed by atoms with E-state index in [1.54, 1.807) is 44.2 Å². The lowest BCUT2D eigenvalue weighted by Gasteiger charge is -2.25.